The predicted molar refractivity (Wildman–Crippen MR) is 49.6 cm³/mol. The molecule has 70 valence electrons. The van der Waals surface area contributed by atoms with Gasteiger partial charge in [-0.25, -0.2) is 4.79 Å². The van der Waals surface area contributed by atoms with Crippen molar-refractivity contribution in [3.05, 3.63) is 27.8 Å². The van der Waals surface area contributed by atoms with Gasteiger partial charge in [0, 0.05) is 0 Å². The van der Waals surface area contributed by atoms with Gasteiger partial charge in [-0.1, -0.05) is 11.6 Å². The van der Waals surface area contributed by atoms with Crippen LogP contribution in [0.15, 0.2) is 6.07 Å². The number of halogens is 1. The number of aryl methyl sites for hydroxylation is 1. The first kappa shape index (κ1) is 9.86. The Morgan fingerprint density at radius 2 is 2.00 bits per heavy atom. The SMILES string of the molecule is Cc1cc(C(=O)O)c(O)c(Cl)c1C. The Hall–Kier alpha value is -1.22. The Bertz CT molecular complexity index is 372. The summed E-state index contributed by atoms with van der Waals surface area (Å²) >= 11 is 5.72. The largest absolute Gasteiger partial charge is 0.505 e. The van der Waals surface area contributed by atoms with E-state index >= 15 is 0 Å². The highest BCUT2D eigenvalue weighted by molar-refractivity contribution is 6.33. The van der Waals surface area contributed by atoms with Gasteiger partial charge in [0.25, 0.3) is 0 Å². The first-order chi connectivity index (χ1) is 5.95. The highest BCUT2D eigenvalue weighted by Gasteiger charge is 2.15. The van der Waals surface area contributed by atoms with Crippen molar-refractivity contribution in [3.8, 4) is 5.75 Å². The van der Waals surface area contributed by atoms with E-state index in [1.807, 2.05) is 0 Å². The van der Waals surface area contributed by atoms with Gasteiger partial charge >= 0.3 is 5.97 Å². The van der Waals surface area contributed by atoms with Crippen molar-refractivity contribution >= 4 is 17.6 Å². The van der Waals surface area contributed by atoms with Gasteiger partial charge < -0.3 is 10.2 Å². The second-order valence-electron chi connectivity index (χ2n) is 2.83. The highest BCUT2D eigenvalue weighted by Crippen LogP contribution is 2.32. The molecule has 0 saturated heterocycles. The first-order valence-corrected chi connectivity index (χ1v) is 4.05. The molecule has 0 radical (unpaired) electrons. The van der Waals surface area contributed by atoms with Crippen LogP contribution in [0.4, 0.5) is 0 Å². The van der Waals surface area contributed by atoms with E-state index in [0.717, 1.165) is 5.56 Å². The average Bonchev–Trinajstić information content (AvgIpc) is 2.07. The molecule has 4 heteroatoms. The van der Waals surface area contributed by atoms with Gasteiger partial charge in [0.2, 0.25) is 0 Å². The third-order valence-corrected chi connectivity index (χ3v) is 2.44. The second kappa shape index (κ2) is 3.26. The number of rotatable bonds is 1. The average molecular weight is 201 g/mol. The number of aromatic hydroxyl groups is 1. The van der Waals surface area contributed by atoms with Crippen molar-refractivity contribution in [2.45, 2.75) is 13.8 Å². The smallest absolute Gasteiger partial charge is 0.339 e. The van der Waals surface area contributed by atoms with Gasteiger partial charge in [-0.2, -0.15) is 0 Å². The zero-order valence-corrected chi connectivity index (χ0v) is 8.01. The molecule has 1 aromatic rings. The molecule has 0 amide bonds. The molecule has 0 aliphatic rings. The summed E-state index contributed by atoms with van der Waals surface area (Å²) in [4.78, 5) is 10.6. The highest BCUT2D eigenvalue weighted by atomic mass is 35.5. The minimum atomic E-state index is -1.18. The molecule has 0 aliphatic heterocycles. The maximum Gasteiger partial charge on any atom is 0.339 e. The third kappa shape index (κ3) is 1.60. The van der Waals surface area contributed by atoms with Crippen molar-refractivity contribution in [3.63, 3.8) is 0 Å². The summed E-state index contributed by atoms with van der Waals surface area (Å²) in [6.45, 7) is 3.47. The van der Waals surface area contributed by atoms with Crippen LogP contribution in [0.1, 0.15) is 21.5 Å². The quantitative estimate of drug-likeness (QED) is 0.732. The van der Waals surface area contributed by atoms with Crippen LogP contribution >= 0.6 is 11.6 Å². The van der Waals surface area contributed by atoms with E-state index in [-0.39, 0.29) is 16.3 Å². The Morgan fingerprint density at radius 3 is 2.46 bits per heavy atom. The molecule has 0 aliphatic carbocycles. The topological polar surface area (TPSA) is 57.5 Å². The summed E-state index contributed by atoms with van der Waals surface area (Å²) in [6, 6.07) is 1.40. The Labute approximate surface area is 80.6 Å². The first-order valence-electron chi connectivity index (χ1n) is 3.67. The Kier molecular flexibility index (Phi) is 2.48. The predicted octanol–water partition coefficient (Wildman–Crippen LogP) is 2.36. The number of carboxylic acids is 1. The minimum Gasteiger partial charge on any atom is -0.505 e. The van der Waals surface area contributed by atoms with Gasteiger partial charge in [0.15, 0.2) is 0 Å². The number of aromatic carboxylic acids is 1. The van der Waals surface area contributed by atoms with Gasteiger partial charge in [-0.15, -0.1) is 0 Å². The van der Waals surface area contributed by atoms with Crippen LogP contribution in [0, 0.1) is 13.8 Å². The summed E-state index contributed by atoms with van der Waals surface area (Å²) in [5.74, 6) is -1.54. The number of carbonyl (C=O) groups is 1. The molecule has 0 bridgehead atoms. The van der Waals surface area contributed by atoms with Crippen molar-refractivity contribution in [2.75, 3.05) is 0 Å². The summed E-state index contributed by atoms with van der Waals surface area (Å²) in [5, 5.41) is 18.2. The van der Waals surface area contributed by atoms with Gasteiger partial charge in [0.1, 0.15) is 11.3 Å². The van der Waals surface area contributed by atoms with E-state index in [2.05, 4.69) is 0 Å². The molecule has 0 fully saturated rings. The molecular weight excluding hydrogens is 192 g/mol. The summed E-state index contributed by atoms with van der Waals surface area (Å²) in [6.07, 6.45) is 0. The fourth-order valence-corrected chi connectivity index (χ4v) is 1.28. The maximum absolute atomic E-state index is 10.6. The molecule has 0 atom stereocenters. The number of phenols is 1. The van der Waals surface area contributed by atoms with Crippen LogP contribution in [-0.2, 0) is 0 Å². The molecule has 0 saturated carbocycles. The van der Waals surface area contributed by atoms with Gasteiger partial charge in [-0.05, 0) is 31.0 Å². The van der Waals surface area contributed by atoms with Crippen molar-refractivity contribution in [2.24, 2.45) is 0 Å². The van der Waals surface area contributed by atoms with E-state index in [1.165, 1.54) is 6.07 Å². The fraction of sp³-hybridized carbons (Fsp3) is 0.222. The third-order valence-electron chi connectivity index (χ3n) is 1.98. The van der Waals surface area contributed by atoms with Crippen molar-refractivity contribution in [1.29, 1.82) is 0 Å². The molecule has 1 aromatic carbocycles. The molecule has 13 heavy (non-hydrogen) atoms. The molecule has 2 N–H and O–H groups in total. The van der Waals surface area contributed by atoms with E-state index in [1.54, 1.807) is 13.8 Å². The normalized spacial score (nSPS) is 10.1. The molecule has 1 rings (SSSR count). The van der Waals surface area contributed by atoms with Crippen molar-refractivity contribution < 1.29 is 15.0 Å². The molecule has 0 aromatic heterocycles. The summed E-state index contributed by atoms with van der Waals surface area (Å²) in [5.41, 5.74) is 1.29. The standard InChI is InChI=1S/C9H9ClO3/c1-4-3-6(9(12)13)8(11)7(10)5(4)2/h3,11H,1-2H3,(H,12,13). The van der Waals surface area contributed by atoms with Gasteiger partial charge in [0.05, 0.1) is 5.02 Å². The Morgan fingerprint density at radius 1 is 1.46 bits per heavy atom. The fourth-order valence-electron chi connectivity index (χ4n) is 1.03. The van der Waals surface area contributed by atoms with Crippen LogP contribution in [0.5, 0.6) is 5.75 Å². The van der Waals surface area contributed by atoms with E-state index < -0.39 is 5.97 Å². The van der Waals surface area contributed by atoms with Crippen LogP contribution in [-0.4, -0.2) is 16.2 Å². The lowest BCUT2D eigenvalue weighted by atomic mass is 10.1. The number of carboxylic acid groups (broad SMARTS) is 1. The number of hydrogen-bond acceptors (Lipinski definition) is 2. The van der Waals surface area contributed by atoms with E-state index in [9.17, 15) is 9.90 Å². The van der Waals surface area contributed by atoms with Crippen LogP contribution in [0.3, 0.4) is 0 Å². The van der Waals surface area contributed by atoms with Crippen LogP contribution < -0.4 is 0 Å². The molecular formula is C9H9ClO3. The monoisotopic (exact) mass is 200 g/mol. The van der Waals surface area contributed by atoms with Gasteiger partial charge in [-0.3, -0.25) is 0 Å². The maximum atomic E-state index is 10.6. The molecule has 0 unspecified atom stereocenters. The molecule has 0 heterocycles. The zero-order chi connectivity index (χ0) is 10.2. The number of benzene rings is 1. The van der Waals surface area contributed by atoms with E-state index in [0.29, 0.717) is 5.56 Å². The lowest BCUT2D eigenvalue weighted by Gasteiger charge is -2.07. The van der Waals surface area contributed by atoms with Crippen LogP contribution in [0.2, 0.25) is 5.02 Å². The van der Waals surface area contributed by atoms with Crippen LogP contribution in [0.25, 0.3) is 0 Å². The summed E-state index contributed by atoms with van der Waals surface area (Å²) in [7, 11) is 0. The zero-order valence-electron chi connectivity index (χ0n) is 7.26. The van der Waals surface area contributed by atoms with Crippen molar-refractivity contribution in [1.82, 2.24) is 0 Å². The Balaban J connectivity index is 3.50. The molecule has 0 spiro atoms. The minimum absolute atomic E-state index is 0.109. The second-order valence-corrected chi connectivity index (χ2v) is 3.21. The lowest BCUT2D eigenvalue weighted by molar-refractivity contribution is 0.0693. The summed E-state index contributed by atoms with van der Waals surface area (Å²) < 4.78 is 0. The number of hydrogen-bond donors (Lipinski definition) is 2. The molecule has 3 nitrogen and oxygen atoms in total. The van der Waals surface area contributed by atoms with E-state index in [4.69, 9.17) is 16.7 Å². The lowest BCUT2D eigenvalue weighted by Crippen LogP contribution is -1.99.